The maximum atomic E-state index is 11.1. The van der Waals surface area contributed by atoms with Gasteiger partial charge in [0.1, 0.15) is 16.8 Å². The maximum Gasteiger partial charge on any atom is 0.343 e. The topological polar surface area (TPSA) is 59.6 Å². The minimum Gasteiger partial charge on any atom is -0.489 e. The molecule has 98 valence electrons. The van der Waals surface area contributed by atoms with Gasteiger partial charge in [-0.05, 0) is 30.3 Å². The zero-order valence-corrected chi connectivity index (χ0v) is 11.1. The Kier molecular flexibility index (Phi) is 6.35. The summed E-state index contributed by atoms with van der Waals surface area (Å²) in [6.45, 7) is 0.277. The van der Waals surface area contributed by atoms with Crippen LogP contribution in [0.3, 0.4) is 0 Å². The molecule has 0 aliphatic rings. The number of nitrogens with one attached hydrogen (secondary N) is 2. The molecule has 1 aromatic rings. The molecule has 0 aromatic heterocycles. The molecule has 2 N–H and O–H groups in total. The van der Waals surface area contributed by atoms with Crippen LogP contribution in [-0.2, 0) is 4.84 Å². The lowest BCUT2D eigenvalue weighted by molar-refractivity contribution is 0.114. The normalized spacial score (nSPS) is 9.50. The van der Waals surface area contributed by atoms with Crippen LogP contribution in [0.15, 0.2) is 34.8 Å². The number of carbonyl (C=O) groups is 1. The van der Waals surface area contributed by atoms with Crippen molar-refractivity contribution in [1.82, 2.24) is 5.48 Å². The van der Waals surface area contributed by atoms with E-state index in [-0.39, 0.29) is 11.1 Å². The number of urea groups is 1. The first-order chi connectivity index (χ1) is 8.61. The van der Waals surface area contributed by atoms with Crippen molar-refractivity contribution in [1.29, 1.82) is 0 Å². The molecule has 0 spiro atoms. The average Bonchev–Trinajstić information content (AvgIpc) is 2.31. The number of ether oxygens (including phenoxy) is 1. The summed E-state index contributed by atoms with van der Waals surface area (Å²) in [5.41, 5.74) is 2.75. The van der Waals surface area contributed by atoms with Gasteiger partial charge in [0.15, 0.2) is 0 Å². The molecule has 0 bridgehead atoms. The summed E-state index contributed by atoms with van der Waals surface area (Å²) in [6.07, 6.45) is 1.53. The van der Waals surface area contributed by atoms with E-state index >= 15 is 0 Å². The Hall–Kier alpha value is -1.43. The number of anilines is 1. The van der Waals surface area contributed by atoms with Crippen molar-refractivity contribution in [2.45, 2.75) is 0 Å². The van der Waals surface area contributed by atoms with Gasteiger partial charge in [-0.25, -0.2) is 10.3 Å². The average molecular weight is 291 g/mol. The zero-order chi connectivity index (χ0) is 13.4. The van der Waals surface area contributed by atoms with Crippen molar-refractivity contribution in [3.05, 3.63) is 34.8 Å². The van der Waals surface area contributed by atoms with Crippen LogP contribution in [0, 0.1) is 0 Å². The highest BCUT2D eigenvalue weighted by Gasteiger charge is 2.00. The van der Waals surface area contributed by atoms with Crippen LogP contribution in [0.1, 0.15) is 0 Å². The summed E-state index contributed by atoms with van der Waals surface area (Å²) in [4.78, 5) is 15.6. The van der Waals surface area contributed by atoms with Crippen molar-refractivity contribution in [3.8, 4) is 5.75 Å². The van der Waals surface area contributed by atoms with E-state index in [9.17, 15) is 4.79 Å². The highest BCUT2D eigenvalue weighted by molar-refractivity contribution is 6.55. The summed E-state index contributed by atoms with van der Waals surface area (Å²) >= 11 is 10.9. The van der Waals surface area contributed by atoms with Crippen LogP contribution in [-0.4, -0.2) is 19.7 Å². The van der Waals surface area contributed by atoms with Gasteiger partial charge in [0.05, 0.1) is 7.11 Å². The van der Waals surface area contributed by atoms with Gasteiger partial charge < -0.3 is 10.1 Å². The first-order valence-corrected chi connectivity index (χ1v) is 5.71. The third kappa shape index (κ3) is 5.77. The van der Waals surface area contributed by atoms with E-state index in [0.29, 0.717) is 11.4 Å². The van der Waals surface area contributed by atoms with Crippen molar-refractivity contribution in [2.24, 2.45) is 0 Å². The SMILES string of the molecule is CONC(=O)Nc1ccc(OCC=C(Cl)Cl)cc1. The summed E-state index contributed by atoms with van der Waals surface area (Å²) in [5.74, 6) is 0.638. The van der Waals surface area contributed by atoms with Crippen LogP contribution in [0.5, 0.6) is 5.75 Å². The van der Waals surface area contributed by atoms with Crippen LogP contribution in [0.2, 0.25) is 0 Å². The van der Waals surface area contributed by atoms with Gasteiger partial charge in [-0.2, -0.15) is 0 Å². The van der Waals surface area contributed by atoms with Gasteiger partial charge in [-0.15, -0.1) is 0 Å². The quantitative estimate of drug-likeness (QED) is 0.820. The van der Waals surface area contributed by atoms with Gasteiger partial charge in [0.25, 0.3) is 0 Å². The van der Waals surface area contributed by atoms with Crippen molar-refractivity contribution in [3.63, 3.8) is 0 Å². The molecular formula is C11H12Cl2N2O3. The Bertz CT molecular complexity index is 417. The van der Waals surface area contributed by atoms with Gasteiger partial charge in [0, 0.05) is 5.69 Å². The van der Waals surface area contributed by atoms with Crippen LogP contribution in [0.4, 0.5) is 10.5 Å². The Morgan fingerprint density at radius 2 is 2.00 bits per heavy atom. The lowest BCUT2D eigenvalue weighted by Crippen LogP contribution is -2.27. The number of benzene rings is 1. The van der Waals surface area contributed by atoms with E-state index in [1.807, 2.05) is 0 Å². The molecule has 0 aliphatic carbocycles. The largest absolute Gasteiger partial charge is 0.489 e. The molecule has 2 amide bonds. The second kappa shape index (κ2) is 7.81. The number of hydrogen-bond acceptors (Lipinski definition) is 3. The van der Waals surface area contributed by atoms with Gasteiger partial charge in [-0.3, -0.25) is 4.84 Å². The lowest BCUT2D eigenvalue weighted by atomic mass is 10.3. The van der Waals surface area contributed by atoms with Crippen LogP contribution >= 0.6 is 23.2 Å². The van der Waals surface area contributed by atoms with E-state index in [0.717, 1.165) is 0 Å². The monoisotopic (exact) mass is 290 g/mol. The van der Waals surface area contributed by atoms with E-state index in [1.165, 1.54) is 13.2 Å². The molecule has 0 fully saturated rings. The Morgan fingerprint density at radius 3 is 2.56 bits per heavy atom. The van der Waals surface area contributed by atoms with E-state index in [2.05, 4.69) is 15.6 Å². The molecule has 0 saturated heterocycles. The summed E-state index contributed by atoms with van der Waals surface area (Å²) < 4.78 is 5.48. The zero-order valence-electron chi connectivity index (χ0n) is 9.57. The summed E-state index contributed by atoms with van der Waals surface area (Å²) in [7, 11) is 1.35. The maximum absolute atomic E-state index is 11.1. The summed E-state index contributed by atoms with van der Waals surface area (Å²) in [5, 5.41) is 2.56. The lowest BCUT2D eigenvalue weighted by Gasteiger charge is -2.07. The van der Waals surface area contributed by atoms with Crippen LogP contribution < -0.4 is 15.5 Å². The molecular weight excluding hydrogens is 279 g/mol. The Balaban J connectivity index is 2.47. The molecule has 0 atom stereocenters. The number of hydrogen-bond donors (Lipinski definition) is 2. The van der Waals surface area contributed by atoms with Crippen molar-refractivity contribution < 1.29 is 14.4 Å². The molecule has 1 rings (SSSR count). The molecule has 5 nitrogen and oxygen atoms in total. The summed E-state index contributed by atoms with van der Waals surface area (Å²) in [6, 6.07) is 6.34. The Morgan fingerprint density at radius 1 is 1.33 bits per heavy atom. The Labute approximate surface area is 115 Å². The van der Waals surface area contributed by atoms with Crippen molar-refractivity contribution in [2.75, 3.05) is 19.0 Å². The fourth-order valence-corrected chi connectivity index (χ4v) is 1.21. The second-order valence-corrected chi connectivity index (χ2v) is 4.10. The number of rotatable bonds is 5. The predicted octanol–water partition coefficient (Wildman–Crippen LogP) is 3.07. The molecule has 0 saturated carbocycles. The molecule has 0 heterocycles. The molecule has 1 aromatic carbocycles. The highest BCUT2D eigenvalue weighted by atomic mass is 35.5. The fraction of sp³-hybridized carbons (Fsp3) is 0.182. The number of halogens is 2. The first kappa shape index (κ1) is 14.6. The standard InChI is InChI=1S/C11H12Cl2N2O3/c1-17-15-11(16)14-8-2-4-9(5-3-8)18-7-6-10(12)13/h2-6H,7H2,1H3,(H2,14,15,16). The second-order valence-electron chi connectivity index (χ2n) is 3.09. The first-order valence-electron chi connectivity index (χ1n) is 4.96. The van der Waals surface area contributed by atoms with E-state index in [1.54, 1.807) is 24.3 Å². The minimum atomic E-state index is -0.456. The van der Waals surface area contributed by atoms with Gasteiger partial charge in [0.2, 0.25) is 0 Å². The molecule has 0 aliphatic heterocycles. The molecule has 18 heavy (non-hydrogen) atoms. The minimum absolute atomic E-state index is 0.157. The van der Waals surface area contributed by atoms with E-state index < -0.39 is 6.03 Å². The molecule has 0 unspecified atom stereocenters. The third-order valence-corrected chi connectivity index (χ3v) is 2.10. The van der Waals surface area contributed by atoms with Gasteiger partial charge >= 0.3 is 6.03 Å². The fourth-order valence-electron chi connectivity index (χ4n) is 1.08. The molecule has 0 radical (unpaired) electrons. The van der Waals surface area contributed by atoms with E-state index in [4.69, 9.17) is 27.9 Å². The third-order valence-electron chi connectivity index (χ3n) is 1.79. The smallest absolute Gasteiger partial charge is 0.343 e. The highest BCUT2D eigenvalue weighted by Crippen LogP contribution is 2.16. The number of carbonyl (C=O) groups excluding carboxylic acids is 1. The number of hydroxylamine groups is 1. The van der Waals surface area contributed by atoms with Crippen LogP contribution in [0.25, 0.3) is 0 Å². The van der Waals surface area contributed by atoms with Crippen molar-refractivity contribution >= 4 is 34.9 Å². The molecule has 7 heteroatoms. The van der Waals surface area contributed by atoms with Gasteiger partial charge in [-0.1, -0.05) is 23.2 Å². The predicted molar refractivity (Wildman–Crippen MR) is 70.9 cm³/mol. The number of amides is 2.